The number of hydrogen-bond donors (Lipinski definition) is 1. The van der Waals surface area contributed by atoms with Gasteiger partial charge in [-0.1, -0.05) is 12.8 Å². The van der Waals surface area contributed by atoms with Crippen molar-refractivity contribution in [1.82, 2.24) is 9.55 Å². The van der Waals surface area contributed by atoms with E-state index in [2.05, 4.69) is 21.1 Å². The summed E-state index contributed by atoms with van der Waals surface area (Å²) in [7, 11) is 1.75. The zero-order valence-corrected chi connectivity index (χ0v) is 11.6. The number of methoxy groups -OCH3 is 1. The van der Waals surface area contributed by atoms with Crippen molar-refractivity contribution in [3.63, 3.8) is 0 Å². The molecular weight excluding hydrogens is 226 g/mol. The summed E-state index contributed by atoms with van der Waals surface area (Å²) in [6, 6.07) is 0. The zero-order chi connectivity index (χ0) is 12.8. The molecule has 0 aliphatic heterocycles. The van der Waals surface area contributed by atoms with Gasteiger partial charge in [-0.2, -0.15) is 0 Å². The molecule has 1 N–H and O–H groups in total. The van der Waals surface area contributed by atoms with Crippen LogP contribution in [0.2, 0.25) is 0 Å². The third kappa shape index (κ3) is 3.73. The highest BCUT2D eigenvalue weighted by Crippen LogP contribution is 2.24. The van der Waals surface area contributed by atoms with Crippen molar-refractivity contribution >= 4 is 5.95 Å². The third-order valence-corrected chi connectivity index (χ3v) is 3.67. The Morgan fingerprint density at radius 1 is 1.44 bits per heavy atom. The molecule has 0 spiro atoms. The normalized spacial score (nSPS) is 16.3. The first kappa shape index (κ1) is 13.4. The topological polar surface area (TPSA) is 39.1 Å². The molecular formula is C14H25N3O. The van der Waals surface area contributed by atoms with Gasteiger partial charge in [0.1, 0.15) is 0 Å². The molecule has 0 saturated heterocycles. The lowest BCUT2D eigenvalue weighted by Crippen LogP contribution is -2.15. The lowest BCUT2D eigenvalue weighted by molar-refractivity contribution is 0.190. The Labute approximate surface area is 110 Å². The van der Waals surface area contributed by atoms with Gasteiger partial charge in [0.25, 0.3) is 0 Å². The van der Waals surface area contributed by atoms with Gasteiger partial charge in [0.15, 0.2) is 0 Å². The molecule has 1 saturated carbocycles. The van der Waals surface area contributed by atoms with Crippen LogP contribution in [0.4, 0.5) is 5.95 Å². The van der Waals surface area contributed by atoms with Crippen LogP contribution in [0.25, 0.3) is 0 Å². The molecule has 0 unspecified atom stereocenters. The van der Waals surface area contributed by atoms with Crippen LogP contribution < -0.4 is 5.32 Å². The monoisotopic (exact) mass is 251 g/mol. The molecule has 0 bridgehead atoms. The molecule has 1 aromatic rings. The second-order valence-electron chi connectivity index (χ2n) is 5.28. The summed E-state index contributed by atoms with van der Waals surface area (Å²) >= 11 is 0. The molecule has 102 valence electrons. The minimum Gasteiger partial charge on any atom is -0.385 e. The van der Waals surface area contributed by atoms with E-state index >= 15 is 0 Å². The molecule has 0 radical (unpaired) electrons. The summed E-state index contributed by atoms with van der Waals surface area (Å²) in [6.45, 7) is 4.90. The van der Waals surface area contributed by atoms with Crippen molar-refractivity contribution in [3.8, 4) is 0 Å². The van der Waals surface area contributed by atoms with Crippen LogP contribution in [0.1, 0.15) is 37.8 Å². The second-order valence-corrected chi connectivity index (χ2v) is 5.28. The van der Waals surface area contributed by atoms with Crippen molar-refractivity contribution in [2.75, 3.05) is 25.6 Å². The van der Waals surface area contributed by atoms with Crippen LogP contribution in [0.5, 0.6) is 0 Å². The van der Waals surface area contributed by atoms with Crippen LogP contribution in [-0.4, -0.2) is 29.8 Å². The Bertz CT molecular complexity index is 356. The highest BCUT2D eigenvalue weighted by molar-refractivity contribution is 5.28. The number of rotatable bonds is 7. The SMILES string of the molecule is COCCCn1cc(C)nc1NCC1CCCC1. The Morgan fingerprint density at radius 2 is 2.22 bits per heavy atom. The van der Waals surface area contributed by atoms with E-state index in [1.807, 2.05) is 6.92 Å². The van der Waals surface area contributed by atoms with Crippen molar-refractivity contribution in [3.05, 3.63) is 11.9 Å². The molecule has 0 amide bonds. The average molecular weight is 251 g/mol. The molecule has 1 aromatic heterocycles. The summed E-state index contributed by atoms with van der Waals surface area (Å²) in [5.74, 6) is 1.87. The predicted molar refractivity (Wildman–Crippen MR) is 73.9 cm³/mol. The Kier molecular flexibility index (Phi) is 5.05. The van der Waals surface area contributed by atoms with Gasteiger partial charge in [-0.05, 0) is 32.1 Å². The maximum absolute atomic E-state index is 5.10. The number of nitrogens with zero attached hydrogens (tertiary/aromatic N) is 2. The van der Waals surface area contributed by atoms with Gasteiger partial charge in [-0.25, -0.2) is 4.98 Å². The quantitative estimate of drug-likeness (QED) is 0.757. The van der Waals surface area contributed by atoms with E-state index in [0.29, 0.717) is 0 Å². The number of hydrogen-bond acceptors (Lipinski definition) is 3. The first-order chi connectivity index (χ1) is 8.79. The summed E-state index contributed by atoms with van der Waals surface area (Å²) in [5.41, 5.74) is 1.08. The second kappa shape index (κ2) is 6.78. The predicted octanol–water partition coefficient (Wildman–Crippen LogP) is 2.83. The molecule has 2 rings (SSSR count). The molecule has 1 aliphatic rings. The summed E-state index contributed by atoms with van der Waals surface area (Å²) in [6.07, 6.45) is 8.69. The van der Waals surface area contributed by atoms with Gasteiger partial charge in [-0.3, -0.25) is 0 Å². The molecule has 0 atom stereocenters. The minimum absolute atomic E-state index is 0.805. The smallest absolute Gasteiger partial charge is 0.203 e. The lowest BCUT2D eigenvalue weighted by atomic mass is 10.1. The molecule has 0 aromatic carbocycles. The van der Waals surface area contributed by atoms with E-state index in [9.17, 15) is 0 Å². The van der Waals surface area contributed by atoms with E-state index in [1.54, 1.807) is 7.11 Å². The van der Waals surface area contributed by atoms with E-state index in [1.165, 1.54) is 25.7 Å². The van der Waals surface area contributed by atoms with Crippen molar-refractivity contribution in [2.45, 2.75) is 45.6 Å². The fourth-order valence-corrected chi connectivity index (χ4v) is 2.69. The van der Waals surface area contributed by atoms with Crippen LogP contribution in [-0.2, 0) is 11.3 Å². The highest BCUT2D eigenvalue weighted by atomic mass is 16.5. The van der Waals surface area contributed by atoms with Gasteiger partial charge in [0.2, 0.25) is 5.95 Å². The summed E-state index contributed by atoms with van der Waals surface area (Å²) in [4.78, 5) is 4.56. The number of aromatic nitrogens is 2. The number of imidazole rings is 1. The number of nitrogens with one attached hydrogen (secondary N) is 1. The van der Waals surface area contributed by atoms with Gasteiger partial charge in [0, 0.05) is 33.0 Å². The molecule has 4 nitrogen and oxygen atoms in total. The standard InChI is InChI=1S/C14H25N3O/c1-12-11-17(8-5-9-18-2)14(16-12)15-10-13-6-3-4-7-13/h11,13H,3-10H2,1-2H3,(H,15,16). The van der Waals surface area contributed by atoms with E-state index in [0.717, 1.165) is 43.7 Å². The maximum Gasteiger partial charge on any atom is 0.203 e. The van der Waals surface area contributed by atoms with Crippen LogP contribution in [0.15, 0.2) is 6.20 Å². The van der Waals surface area contributed by atoms with Crippen LogP contribution in [0.3, 0.4) is 0 Å². The van der Waals surface area contributed by atoms with Crippen LogP contribution >= 0.6 is 0 Å². The number of anilines is 1. The fourth-order valence-electron chi connectivity index (χ4n) is 2.69. The molecule has 18 heavy (non-hydrogen) atoms. The van der Waals surface area contributed by atoms with Crippen molar-refractivity contribution < 1.29 is 4.74 Å². The van der Waals surface area contributed by atoms with Gasteiger partial charge < -0.3 is 14.6 Å². The molecule has 4 heteroatoms. The van der Waals surface area contributed by atoms with Gasteiger partial charge >= 0.3 is 0 Å². The Hall–Kier alpha value is -1.03. The van der Waals surface area contributed by atoms with Crippen molar-refractivity contribution in [2.24, 2.45) is 5.92 Å². The number of aryl methyl sites for hydroxylation is 2. The fraction of sp³-hybridized carbons (Fsp3) is 0.786. The highest BCUT2D eigenvalue weighted by Gasteiger charge is 2.15. The lowest BCUT2D eigenvalue weighted by Gasteiger charge is -2.13. The summed E-state index contributed by atoms with van der Waals surface area (Å²) in [5, 5.41) is 3.51. The Morgan fingerprint density at radius 3 is 2.94 bits per heavy atom. The Balaban J connectivity index is 1.85. The van der Waals surface area contributed by atoms with Gasteiger partial charge in [-0.15, -0.1) is 0 Å². The molecule has 1 heterocycles. The van der Waals surface area contributed by atoms with E-state index in [-0.39, 0.29) is 0 Å². The van der Waals surface area contributed by atoms with Crippen molar-refractivity contribution in [1.29, 1.82) is 0 Å². The van der Waals surface area contributed by atoms with Gasteiger partial charge in [0.05, 0.1) is 5.69 Å². The average Bonchev–Trinajstić information content (AvgIpc) is 2.97. The largest absolute Gasteiger partial charge is 0.385 e. The molecule has 1 aliphatic carbocycles. The number of ether oxygens (including phenoxy) is 1. The first-order valence-electron chi connectivity index (χ1n) is 7.06. The zero-order valence-electron chi connectivity index (χ0n) is 11.6. The van der Waals surface area contributed by atoms with E-state index in [4.69, 9.17) is 4.74 Å². The van der Waals surface area contributed by atoms with E-state index < -0.39 is 0 Å². The first-order valence-corrected chi connectivity index (χ1v) is 7.06. The maximum atomic E-state index is 5.10. The summed E-state index contributed by atoms with van der Waals surface area (Å²) < 4.78 is 7.31. The third-order valence-electron chi connectivity index (χ3n) is 3.67. The molecule has 1 fully saturated rings. The van der Waals surface area contributed by atoms with Crippen LogP contribution in [0, 0.1) is 12.8 Å². The minimum atomic E-state index is 0.805.